The summed E-state index contributed by atoms with van der Waals surface area (Å²) >= 11 is 11.2. The Labute approximate surface area is 254 Å². The molecule has 4 rings (SSSR count). The molecule has 1 aliphatic heterocycles. The highest BCUT2D eigenvalue weighted by atomic mass is 35.5. The zero-order valence-electron chi connectivity index (χ0n) is 24.3. The summed E-state index contributed by atoms with van der Waals surface area (Å²) in [5.41, 5.74) is 7.99. The van der Waals surface area contributed by atoms with Crippen molar-refractivity contribution in [1.82, 2.24) is 15.2 Å². The number of rotatable bonds is 10. The summed E-state index contributed by atoms with van der Waals surface area (Å²) in [7, 11) is 1.91. The van der Waals surface area contributed by atoms with E-state index >= 15 is 0 Å². The molecule has 1 heterocycles. The molecule has 0 aromatic heterocycles. The number of aryl methyl sites for hydroxylation is 2. The molecule has 3 N–H and O–H groups in total. The number of unbranched alkanes of at least 4 members (excludes halogenated alkanes) is 1. The number of hydrogen-bond donors (Lipinski definition) is 2. The molecule has 0 saturated carbocycles. The van der Waals surface area contributed by atoms with E-state index in [4.69, 9.17) is 29.0 Å². The number of nitrogens with two attached hydrogens (primary N) is 1. The second-order valence-corrected chi connectivity index (χ2v) is 11.1. The Morgan fingerprint density at radius 3 is 2.17 bits per heavy atom. The van der Waals surface area contributed by atoms with Gasteiger partial charge < -0.3 is 15.2 Å². The van der Waals surface area contributed by atoms with Gasteiger partial charge in [-0.1, -0.05) is 70.7 Å². The Morgan fingerprint density at radius 1 is 0.951 bits per heavy atom. The molecule has 41 heavy (non-hydrogen) atoms. The molecule has 0 radical (unpaired) electrons. The monoisotopic (exact) mass is 596 g/mol. The van der Waals surface area contributed by atoms with Gasteiger partial charge in [0, 0.05) is 51.0 Å². The van der Waals surface area contributed by atoms with Gasteiger partial charge in [0.2, 0.25) is 0 Å². The van der Waals surface area contributed by atoms with Crippen molar-refractivity contribution in [3.05, 3.63) is 99.0 Å². The molecule has 1 saturated heterocycles. The molecule has 220 valence electrons. The van der Waals surface area contributed by atoms with E-state index in [2.05, 4.69) is 50.5 Å². The number of carbonyl (C=O) groups is 1. The number of nitrogens with one attached hydrogen (secondary N) is 1. The molecule has 1 aliphatic rings. The summed E-state index contributed by atoms with van der Waals surface area (Å²) in [6.45, 7) is 10.7. The standard InChI is InChI=1S/C26H38N6O.C6H4Cl2/c1-21-16-22(2)18-24(17-21)26(33)30(3)10-6-7-11-31-12-14-32(15-13-31)25-9-5-4-8-23(25)19-28-20-29-27;7-5-3-1-2-4-6(5)8/h4-5,8-9,16-18,20H,6-7,10-15,19,27H2,1-3H3,(H,28,29);1-4H. The van der Waals surface area contributed by atoms with Crippen molar-refractivity contribution in [3.63, 3.8) is 0 Å². The minimum absolute atomic E-state index is 0.112. The van der Waals surface area contributed by atoms with Crippen LogP contribution in [0.3, 0.4) is 0 Å². The van der Waals surface area contributed by atoms with Crippen molar-refractivity contribution in [1.29, 1.82) is 0 Å². The smallest absolute Gasteiger partial charge is 0.253 e. The highest BCUT2D eigenvalue weighted by Crippen LogP contribution is 2.23. The SMILES string of the molecule is Cc1cc(C)cc(C(=O)N(C)CCCCN2CCN(c3ccccc3CN=CNN)CC2)c1.Clc1ccccc1Cl. The third kappa shape index (κ3) is 10.7. The molecule has 1 amide bonds. The first kappa shape index (κ1) is 32.4. The minimum atomic E-state index is 0.112. The average molecular weight is 598 g/mol. The van der Waals surface area contributed by atoms with Crippen molar-refractivity contribution in [2.45, 2.75) is 33.2 Å². The fourth-order valence-corrected chi connectivity index (χ4v) is 5.18. The van der Waals surface area contributed by atoms with Crippen LogP contribution in [0, 0.1) is 13.8 Å². The minimum Gasteiger partial charge on any atom is -0.369 e. The number of para-hydroxylation sites is 1. The molecule has 3 aromatic carbocycles. The number of halogens is 2. The van der Waals surface area contributed by atoms with Crippen LogP contribution in [-0.2, 0) is 6.54 Å². The third-order valence-electron chi connectivity index (χ3n) is 6.99. The van der Waals surface area contributed by atoms with E-state index in [9.17, 15) is 4.79 Å². The number of carbonyl (C=O) groups excluding carboxylic acids is 1. The molecule has 0 spiro atoms. The van der Waals surface area contributed by atoms with Crippen LogP contribution in [0.5, 0.6) is 0 Å². The van der Waals surface area contributed by atoms with Crippen LogP contribution in [0.1, 0.15) is 39.9 Å². The van der Waals surface area contributed by atoms with Crippen LogP contribution in [0.4, 0.5) is 5.69 Å². The fraction of sp³-hybridized carbons (Fsp3) is 0.375. The zero-order chi connectivity index (χ0) is 29.6. The van der Waals surface area contributed by atoms with Crippen molar-refractivity contribution < 1.29 is 4.79 Å². The Morgan fingerprint density at radius 2 is 1.56 bits per heavy atom. The predicted octanol–water partition coefficient (Wildman–Crippen LogP) is 5.96. The Kier molecular flexibility index (Phi) is 13.4. The van der Waals surface area contributed by atoms with Crippen LogP contribution < -0.4 is 16.2 Å². The van der Waals surface area contributed by atoms with Gasteiger partial charge in [-0.15, -0.1) is 0 Å². The van der Waals surface area contributed by atoms with Gasteiger partial charge in [0.1, 0.15) is 0 Å². The second-order valence-electron chi connectivity index (χ2n) is 10.3. The van der Waals surface area contributed by atoms with E-state index in [1.165, 1.54) is 17.6 Å². The molecule has 0 bridgehead atoms. The predicted molar refractivity (Wildman–Crippen MR) is 173 cm³/mol. The highest BCUT2D eigenvalue weighted by molar-refractivity contribution is 6.41. The lowest BCUT2D eigenvalue weighted by Crippen LogP contribution is -2.47. The fourth-order valence-electron chi connectivity index (χ4n) is 4.91. The van der Waals surface area contributed by atoms with E-state index in [1.807, 2.05) is 50.1 Å². The van der Waals surface area contributed by atoms with Crippen LogP contribution in [0.15, 0.2) is 71.7 Å². The van der Waals surface area contributed by atoms with Gasteiger partial charge >= 0.3 is 0 Å². The van der Waals surface area contributed by atoms with Crippen LogP contribution in [0.2, 0.25) is 10.0 Å². The molecular formula is C32H42Cl2N6O. The molecule has 3 aromatic rings. The number of hydrogen-bond acceptors (Lipinski definition) is 5. The van der Waals surface area contributed by atoms with Crippen LogP contribution in [-0.4, -0.2) is 68.4 Å². The number of aliphatic imine (C=N–C) groups is 1. The number of amides is 1. The van der Waals surface area contributed by atoms with E-state index in [1.54, 1.807) is 12.1 Å². The lowest BCUT2D eigenvalue weighted by atomic mass is 10.1. The summed E-state index contributed by atoms with van der Waals surface area (Å²) in [6.07, 6.45) is 3.65. The van der Waals surface area contributed by atoms with E-state index in [-0.39, 0.29) is 5.91 Å². The zero-order valence-corrected chi connectivity index (χ0v) is 25.8. The number of piperazine rings is 1. The van der Waals surface area contributed by atoms with E-state index in [0.717, 1.165) is 68.8 Å². The Balaban J connectivity index is 0.000000496. The maximum Gasteiger partial charge on any atom is 0.253 e. The average Bonchev–Trinajstić information content (AvgIpc) is 2.97. The molecule has 0 aliphatic carbocycles. The number of nitrogens with zero attached hydrogens (tertiary/aromatic N) is 4. The van der Waals surface area contributed by atoms with Crippen molar-refractivity contribution in [2.75, 3.05) is 51.2 Å². The van der Waals surface area contributed by atoms with Gasteiger partial charge in [0.25, 0.3) is 5.91 Å². The maximum atomic E-state index is 12.7. The molecule has 0 atom stereocenters. The molecule has 0 unspecified atom stereocenters. The summed E-state index contributed by atoms with van der Waals surface area (Å²) in [5, 5.41) is 1.21. The Bertz CT molecular complexity index is 1240. The summed E-state index contributed by atoms with van der Waals surface area (Å²) in [6, 6.07) is 21.7. The molecule has 1 fully saturated rings. The van der Waals surface area contributed by atoms with Gasteiger partial charge in [-0.25, -0.2) is 5.84 Å². The number of hydrazine groups is 1. The first-order valence-electron chi connectivity index (χ1n) is 14.0. The van der Waals surface area contributed by atoms with Gasteiger partial charge in [0.05, 0.1) is 22.9 Å². The van der Waals surface area contributed by atoms with E-state index < -0.39 is 0 Å². The first-order valence-corrected chi connectivity index (χ1v) is 14.8. The van der Waals surface area contributed by atoms with Gasteiger partial charge in [-0.2, -0.15) is 0 Å². The van der Waals surface area contributed by atoms with Gasteiger partial charge in [-0.3, -0.25) is 14.7 Å². The van der Waals surface area contributed by atoms with Gasteiger partial charge in [-0.05, 0) is 69.1 Å². The lowest BCUT2D eigenvalue weighted by molar-refractivity contribution is 0.0791. The van der Waals surface area contributed by atoms with Crippen LogP contribution >= 0.6 is 23.2 Å². The molecule has 7 nitrogen and oxygen atoms in total. The second kappa shape index (κ2) is 17.0. The van der Waals surface area contributed by atoms with E-state index in [0.29, 0.717) is 16.6 Å². The maximum absolute atomic E-state index is 12.7. The van der Waals surface area contributed by atoms with Crippen molar-refractivity contribution >= 4 is 41.1 Å². The molecule has 9 heteroatoms. The third-order valence-corrected chi connectivity index (χ3v) is 7.75. The number of anilines is 1. The number of benzene rings is 3. The summed E-state index contributed by atoms with van der Waals surface area (Å²) in [4.78, 5) is 23.9. The normalized spacial score (nSPS) is 13.6. The quantitative estimate of drug-likeness (QED) is 0.0992. The first-order chi connectivity index (χ1) is 19.8. The summed E-state index contributed by atoms with van der Waals surface area (Å²) in [5.74, 6) is 5.38. The topological polar surface area (TPSA) is 77.2 Å². The van der Waals surface area contributed by atoms with Crippen molar-refractivity contribution in [3.8, 4) is 0 Å². The lowest BCUT2D eigenvalue weighted by Gasteiger charge is -2.37. The van der Waals surface area contributed by atoms with Gasteiger partial charge in [0.15, 0.2) is 0 Å². The highest BCUT2D eigenvalue weighted by Gasteiger charge is 2.19. The molecular weight excluding hydrogens is 555 g/mol. The van der Waals surface area contributed by atoms with Crippen molar-refractivity contribution in [2.24, 2.45) is 10.8 Å². The Hall–Kier alpha value is -3.10. The largest absolute Gasteiger partial charge is 0.369 e. The summed E-state index contributed by atoms with van der Waals surface area (Å²) < 4.78 is 0. The van der Waals surface area contributed by atoms with Crippen LogP contribution in [0.25, 0.3) is 0 Å².